The number of benzene rings is 3. The number of aliphatic carboxylic acids is 3. The van der Waals surface area contributed by atoms with E-state index in [1.807, 2.05) is 77.7 Å². The van der Waals surface area contributed by atoms with Gasteiger partial charge in [0.1, 0.15) is 47.5 Å². The molecule has 0 aromatic heterocycles. The number of fused-ring (bicyclic) bond motifs is 2. The lowest BCUT2D eigenvalue weighted by Crippen LogP contribution is -2.51. The Kier molecular flexibility index (Phi) is 31.7. The molecule has 3 aromatic rings. The molecule has 0 saturated carbocycles. The maximum absolute atomic E-state index is 13.6. The molecular formula is C74H100N5O21S3+. The van der Waals surface area contributed by atoms with Crippen LogP contribution in [0.2, 0.25) is 0 Å². The van der Waals surface area contributed by atoms with Gasteiger partial charge in [0, 0.05) is 92.5 Å². The second-order valence-corrected chi connectivity index (χ2v) is 32.0. The highest BCUT2D eigenvalue weighted by molar-refractivity contribution is 7.86. The Labute approximate surface area is 603 Å². The van der Waals surface area contributed by atoms with Crippen LogP contribution in [-0.2, 0) is 74.7 Å². The first-order valence-electron chi connectivity index (χ1n) is 35.2. The van der Waals surface area contributed by atoms with E-state index in [9.17, 15) is 92.6 Å². The maximum Gasteiger partial charge on any atom is 0.326 e. The molecule has 1 aliphatic carbocycles. The number of carboxylic acids is 3. The van der Waals surface area contributed by atoms with Gasteiger partial charge < -0.3 is 45.7 Å². The lowest BCUT2D eigenvalue weighted by molar-refractivity contribution is -0.437. The van der Waals surface area contributed by atoms with Gasteiger partial charge in [-0.25, -0.2) is 14.4 Å². The van der Waals surface area contributed by atoms with Crippen LogP contribution in [0.5, 0.6) is 5.75 Å². The quantitative estimate of drug-likeness (QED) is 0.0144. The summed E-state index contributed by atoms with van der Waals surface area (Å²) in [5.41, 5.74) is 5.65. The van der Waals surface area contributed by atoms with Crippen molar-refractivity contribution in [2.75, 3.05) is 36.0 Å². The summed E-state index contributed by atoms with van der Waals surface area (Å²) in [7, 11) is -13.1. The number of carbonyl (C=O) groups is 8. The number of rotatable bonds is 46. The highest BCUT2D eigenvalue weighted by atomic mass is 32.2. The standard InChI is InChI=1S/C74H99N5O21S3/c1-51(80)34-41-62(71(88)89)77-72(90)76-61(70(86)87)30-16-17-45-75-67(83)33-11-6-5-9-26-56(82)50-54(69(84)85)22-8-7-10-25-55(81)27-19-44-74(4)60-29-13-15-32-64(60)79(47-21-49-102(94,95)96)66(74)43-36-53-24-18-23-52(68(53)100-57-37-39-58(40-38-57)103(97,98)99)35-42-65-73(2,3)59-28-12-14-31-63(59)78(65)46-20-48-101(91,92)93/h12-15,28-29,31-32,35-40,42-43,54,61-62H,5-11,16-27,30,33-34,41,44-50H2,1-4H3,(H8-,75,76,77,83,84,85,86,87,88,89,90,91,92,93,94,95,96,97,98,99)/p+1/t54-,61+,62+,74?/m1/s1. The molecule has 4 atom stereocenters. The molecule has 103 heavy (non-hydrogen) atoms. The van der Waals surface area contributed by atoms with Crippen molar-refractivity contribution in [2.24, 2.45) is 5.92 Å². The number of allylic oxidation sites excluding steroid dienone is 7. The summed E-state index contributed by atoms with van der Waals surface area (Å²) in [6, 6.07) is 17.2. The zero-order valence-corrected chi connectivity index (χ0v) is 61.6. The molecule has 564 valence electrons. The van der Waals surface area contributed by atoms with Crippen LogP contribution in [0.1, 0.15) is 199 Å². The number of hydrogen-bond donors (Lipinski definition) is 9. The van der Waals surface area contributed by atoms with Gasteiger partial charge in [-0.05, 0) is 177 Å². The molecule has 0 radical (unpaired) electrons. The largest absolute Gasteiger partial charge is 0.481 e. The number of Topliss-reactive ketones (excluding diaryl/α,β-unsaturated/α-hetero) is 3. The molecule has 3 amide bonds. The Morgan fingerprint density at radius 1 is 0.612 bits per heavy atom. The zero-order chi connectivity index (χ0) is 75.7. The fraction of sp³-hybridized carbons (Fsp3) is 0.527. The van der Waals surface area contributed by atoms with Crippen molar-refractivity contribution in [3.8, 4) is 5.75 Å². The number of unbranched alkanes of at least 4 members (excludes halogenated alkanes) is 6. The lowest BCUT2D eigenvalue weighted by Gasteiger charge is -2.31. The van der Waals surface area contributed by atoms with Gasteiger partial charge in [-0.2, -0.15) is 29.8 Å². The number of carbonyl (C=O) groups excluding carboxylic acids is 5. The van der Waals surface area contributed by atoms with Crippen LogP contribution in [0.3, 0.4) is 0 Å². The van der Waals surface area contributed by atoms with Gasteiger partial charge in [-0.15, -0.1) is 0 Å². The van der Waals surface area contributed by atoms with E-state index in [1.54, 1.807) is 0 Å². The van der Waals surface area contributed by atoms with Crippen LogP contribution in [-0.4, -0.2) is 155 Å². The first-order chi connectivity index (χ1) is 48.6. The van der Waals surface area contributed by atoms with Crippen LogP contribution >= 0.6 is 0 Å². The molecule has 0 saturated heterocycles. The third-order valence-corrected chi connectivity index (χ3v) is 21.5. The van der Waals surface area contributed by atoms with Crippen molar-refractivity contribution in [1.29, 1.82) is 0 Å². The minimum absolute atomic E-state index is 0.0186. The summed E-state index contributed by atoms with van der Waals surface area (Å²) in [5, 5.41) is 36.1. The molecule has 2 aliphatic heterocycles. The Hall–Kier alpha value is -8.22. The molecule has 6 rings (SSSR count). The Morgan fingerprint density at radius 3 is 1.84 bits per heavy atom. The van der Waals surface area contributed by atoms with Crippen molar-refractivity contribution in [1.82, 2.24) is 16.0 Å². The van der Waals surface area contributed by atoms with E-state index >= 15 is 0 Å². The molecule has 26 nitrogen and oxygen atoms in total. The first-order valence-corrected chi connectivity index (χ1v) is 39.9. The zero-order valence-electron chi connectivity index (χ0n) is 59.1. The normalized spacial score (nSPS) is 17.6. The number of carboxylic acid groups (broad SMARTS) is 3. The van der Waals surface area contributed by atoms with Crippen LogP contribution in [0.4, 0.5) is 16.2 Å². The summed E-state index contributed by atoms with van der Waals surface area (Å²) in [6.45, 7) is 8.27. The van der Waals surface area contributed by atoms with Gasteiger partial charge in [0.25, 0.3) is 30.4 Å². The van der Waals surface area contributed by atoms with E-state index in [1.165, 1.54) is 31.2 Å². The summed E-state index contributed by atoms with van der Waals surface area (Å²) in [4.78, 5) is 99.7. The minimum atomic E-state index is -4.53. The van der Waals surface area contributed by atoms with Crippen molar-refractivity contribution in [3.63, 3.8) is 0 Å². The maximum atomic E-state index is 13.6. The van der Waals surface area contributed by atoms with Crippen LogP contribution in [0, 0.1) is 5.92 Å². The van der Waals surface area contributed by atoms with Crippen molar-refractivity contribution >= 4 is 94.6 Å². The molecule has 0 bridgehead atoms. The number of amides is 3. The van der Waals surface area contributed by atoms with E-state index < -0.39 is 94.6 Å². The molecule has 3 aromatic carbocycles. The van der Waals surface area contributed by atoms with Gasteiger partial charge >= 0.3 is 23.9 Å². The van der Waals surface area contributed by atoms with Gasteiger partial charge in [0.15, 0.2) is 5.71 Å². The monoisotopic (exact) mass is 1490 g/mol. The first kappa shape index (κ1) is 83.7. The number of ketones is 3. The summed E-state index contributed by atoms with van der Waals surface area (Å²) < 4.78 is 110. The van der Waals surface area contributed by atoms with Crippen LogP contribution < -0.4 is 25.6 Å². The number of anilines is 1. The molecular weight excluding hydrogens is 1390 g/mol. The predicted molar refractivity (Wildman–Crippen MR) is 387 cm³/mol. The topological polar surface area (TPSA) is 412 Å². The highest BCUT2D eigenvalue weighted by Gasteiger charge is 2.45. The van der Waals surface area contributed by atoms with Crippen LogP contribution in [0.25, 0.3) is 0 Å². The molecule has 3 aliphatic rings. The smallest absolute Gasteiger partial charge is 0.326 e. The number of hydrogen-bond acceptors (Lipinski definition) is 16. The summed E-state index contributed by atoms with van der Waals surface area (Å²) in [5.74, 6) is -5.41. The number of nitrogens with one attached hydrogen (secondary N) is 3. The third-order valence-electron chi connectivity index (χ3n) is 19.0. The predicted octanol–water partition coefficient (Wildman–Crippen LogP) is 11.1. The number of urea groups is 1. The average Bonchev–Trinajstić information content (AvgIpc) is 1.60. The molecule has 0 fully saturated rings. The Bertz CT molecular complexity index is 4070. The van der Waals surface area contributed by atoms with E-state index in [4.69, 9.17) is 4.74 Å². The molecule has 29 heteroatoms. The summed E-state index contributed by atoms with van der Waals surface area (Å²) in [6.07, 6.45) is 16.5. The lowest BCUT2D eigenvalue weighted by atomic mass is 9.76. The van der Waals surface area contributed by atoms with Gasteiger partial charge in [0.05, 0.1) is 27.7 Å². The molecule has 2 heterocycles. The van der Waals surface area contributed by atoms with E-state index in [2.05, 4.69) is 41.3 Å². The molecule has 1 unspecified atom stereocenters. The third kappa shape index (κ3) is 26.5. The van der Waals surface area contributed by atoms with Gasteiger partial charge in [-0.3, -0.25) is 32.8 Å². The van der Waals surface area contributed by atoms with E-state index in [0.717, 1.165) is 45.1 Å². The van der Waals surface area contributed by atoms with Crippen molar-refractivity contribution in [2.45, 2.75) is 216 Å². The SMILES string of the molecule is CC(=O)CC[C@H](NC(=O)N[C@@H](CCCCNC(=O)CCCCCCC(=O)C[C@@H](CCCCCC(=O)CCCC1(C)/C(=C\C=C2/CCCC(/C=C/C3=[N+](CCCS(=O)(=O)O)c4ccccc4C3(C)C)=C2Oc2ccc(S(=O)(=O)O)cc2)N(CCCS(=O)(=O)O)c2ccccc21)C(=O)O)C(=O)O)C(=O)O. The fourth-order valence-electron chi connectivity index (χ4n) is 13.5. The molecule has 0 spiro atoms. The van der Waals surface area contributed by atoms with E-state index in [0.29, 0.717) is 102 Å². The van der Waals surface area contributed by atoms with Crippen molar-refractivity contribution in [3.05, 3.63) is 131 Å². The second-order valence-electron chi connectivity index (χ2n) is 27.5. The molecule has 9 N–H and O–H groups in total. The fourth-order valence-corrected chi connectivity index (χ4v) is 15.0. The number of para-hydroxylation sites is 2. The number of ether oxygens (including phenoxy) is 1. The van der Waals surface area contributed by atoms with Crippen molar-refractivity contribution < 1.29 is 102 Å². The Balaban J connectivity index is 1.04. The minimum Gasteiger partial charge on any atom is -0.481 e. The van der Waals surface area contributed by atoms with E-state index in [-0.39, 0.29) is 118 Å². The van der Waals surface area contributed by atoms with Gasteiger partial charge in [0.2, 0.25) is 11.6 Å². The number of nitrogens with zero attached hydrogens (tertiary/aromatic N) is 2. The summed E-state index contributed by atoms with van der Waals surface area (Å²) >= 11 is 0. The second kappa shape index (κ2) is 39.1. The Morgan fingerprint density at radius 2 is 1.20 bits per heavy atom. The van der Waals surface area contributed by atoms with Crippen LogP contribution in [0.15, 0.2) is 125 Å². The average molecular weight is 1490 g/mol. The van der Waals surface area contributed by atoms with Gasteiger partial charge in [-0.1, -0.05) is 68.2 Å². The highest BCUT2D eigenvalue weighted by Crippen LogP contribution is 2.51.